The summed E-state index contributed by atoms with van der Waals surface area (Å²) < 4.78 is 0. The van der Waals surface area contributed by atoms with Crippen LogP contribution in [0.3, 0.4) is 0 Å². The van der Waals surface area contributed by atoms with Crippen molar-refractivity contribution in [2.45, 2.75) is 44.9 Å². The first kappa shape index (κ1) is 14.1. The fourth-order valence-electron chi connectivity index (χ4n) is 3.30. The maximum Gasteiger partial charge on any atom is 0.311 e. The van der Waals surface area contributed by atoms with Crippen LogP contribution in [0.1, 0.15) is 53.6 Å². The second-order valence-electron chi connectivity index (χ2n) is 6.31. The van der Waals surface area contributed by atoms with Crippen molar-refractivity contribution in [2.75, 3.05) is 6.54 Å². The molecule has 1 aromatic rings. The van der Waals surface area contributed by atoms with Crippen LogP contribution in [0.5, 0.6) is 0 Å². The van der Waals surface area contributed by atoms with E-state index >= 15 is 0 Å². The summed E-state index contributed by atoms with van der Waals surface area (Å²) in [5.74, 6) is -0.949. The van der Waals surface area contributed by atoms with E-state index in [-0.39, 0.29) is 12.5 Å². The van der Waals surface area contributed by atoms with Crippen molar-refractivity contribution in [1.82, 2.24) is 5.32 Å². The van der Waals surface area contributed by atoms with Gasteiger partial charge in [-0.3, -0.25) is 9.59 Å². The highest BCUT2D eigenvalue weighted by molar-refractivity contribution is 5.94. The zero-order valence-electron chi connectivity index (χ0n) is 12.2. The van der Waals surface area contributed by atoms with E-state index in [0.29, 0.717) is 18.4 Å². The standard InChI is InChI=1S/C17H21NO3/c19-15(18-11-17(16(20)21)8-3-9-17)14-7-6-12-4-1-2-5-13(12)10-14/h6-7,10H,1-5,8-9,11H2,(H,18,19)(H,20,21). The van der Waals surface area contributed by atoms with Gasteiger partial charge in [-0.05, 0) is 61.8 Å². The monoisotopic (exact) mass is 287 g/mol. The average Bonchev–Trinajstić information content (AvgIpc) is 2.45. The molecule has 1 fully saturated rings. The molecule has 2 aliphatic carbocycles. The van der Waals surface area contributed by atoms with Crippen LogP contribution in [0.25, 0.3) is 0 Å². The molecule has 3 rings (SSSR count). The molecule has 4 nitrogen and oxygen atoms in total. The third-order valence-corrected chi connectivity index (χ3v) is 4.96. The first-order valence-corrected chi connectivity index (χ1v) is 7.74. The van der Waals surface area contributed by atoms with E-state index in [1.807, 2.05) is 18.2 Å². The number of carboxylic acid groups (broad SMARTS) is 1. The zero-order valence-corrected chi connectivity index (χ0v) is 12.2. The van der Waals surface area contributed by atoms with Gasteiger partial charge in [0.2, 0.25) is 0 Å². The van der Waals surface area contributed by atoms with Gasteiger partial charge in [-0.1, -0.05) is 12.5 Å². The highest BCUT2D eigenvalue weighted by atomic mass is 16.4. The number of benzene rings is 1. The van der Waals surface area contributed by atoms with Crippen molar-refractivity contribution < 1.29 is 14.7 Å². The molecule has 0 atom stereocenters. The molecule has 0 heterocycles. The van der Waals surface area contributed by atoms with Gasteiger partial charge in [0, 0.05) is 12.1 Å². The van der Waals surface area contributed by atoms with Crippen LogP contribution in [-0.2, 0) is 17.6 Å². The predicted molar refractivity (Wildman–Crippen MR) is 79.3 cm³/mol. The van der Waals surface area contributed by atoms with Gasteiger partial charge in [-0.25, -0.2) is 0 Å². The lowest BCUT2D eigenvalue weighted by Gasteiger charge is -2.37. The third-order valence-electron chi connectivity index (χ3n) is 4.96. The van der Waals surface area contributed by atoms with Gasteiger partial charge in [0.25, 0.3) is 5.91 Å². The second-order valence-corrected chi connectivity index (χ2v) is 6.31. The van der Waals surface area contributed by atoms with Gasteiger partial charge in [-0.2, -0.15) is 0 Å². The Morgan fingerprint density at radius 3 is 2.43 bits per heavy atom. The fourth-order valence-corrected chi connectivity index (χ4v) is 3.30. The van der Waals surface area contributed by atoms with Gasteiger partial charge in [-0.15, -0.1) is 0 Å². The van der Waals surface area contributed by atoms with E-state index in [4.69, 9.17) is 0 Å². The molecule has 0 unspecified atom stereocenters. The van der Waals surface area contributed by atoms with Crippen LogP contribution in [0.2, 0.25) is 0 Å². The van der Waals surface area contributed by atoms with Gasteiger partial charge in [0.05, 0.1) is 5.41 Å². The quantitative estimate of drug-likeness (QED) is 0.894. The normalized spacial score (nSPS) is 19.2. The van der Waals surface area contributed by atoms with E-state index in [9.17, 15) is 14.7 Å². The zero-order chi connectivity index (χ0) is 14.9. The number of carboxylic acids is 1. The molecule has 0 radical (unpaired) electrons. The lowest BCUT2D eigenvalue weighted by molar-refractivity contribution is -0.153. The third kappa shape index (κ3) is 2.67. The molecule has 21 heavy (non-hydrogen) atoms. The Morgan fingerprint density at radius 1 is 1.10 bits per heavy atom. The summed E-state index contributed by atoms with van der Waals surface area (Å²) in [6, 6.07) is 5.87. The smallest absolute Gasteiger partial charge is 0.311 e. The summed E-state index contributed by atoms with van der Waals surface area (Å²) in [7, 11) is 0. The molecule has 0 saturated heterocycles. The number of nitrogens with one attached hydrogen (secondary N) is 1. The maximum absolute atomic E-state index is 12.2. The molecule has 2 aliphatic rings. The number of hydrogen-bond acceptors (Lipinski definition) is 2. The second kappa shape index (κ2) is 5.51. The first-order chi connectivity index (χ1) is 10.1. The van der Waals surface area contributed by atoms with Crippen LogP contribution >= 0.6 is 0 Å². The Kier molecular flexibility index (Phi) is 3.70. The largest absolute Gasteiger partial charge is 0.481 e. The van der Waals surface area contributed by atoms with Crippen molar-refractivity contribution in [1.29, 1.82) is 0 Å². The SMILES string of the molecule is O=C(NCC1(C(=O)O)CCC1)c1ccc2c(c1)CCCC2. The van der Waals surface area contributed by atoms with Crippen molar-refractivity contribution in [3.63, 3.8) is 0 Å². The molecule has 0 spiro atoms. The molecular formula is C17H21NO3. The minimum absolute atomic E-state index is 0.157. The van der Waals surface area contributed by atoms with Gasteiger partial charge in [0.1, 0.15) is 0 Å². The summed E-state index contributed by atoms with van der Waals surface area (Å²) >= 11 is 0. The molecule has 0 bridgehead atoms. The highest BCUT2D eigenvalue weighted by Crippen LogP contribution is 2.40. The average molecular weight is 287 g/mol. The lowest BCUT2D eigenvalue weighted by atomic mass is 9.69. The predicted octanol–water partition coefficient (Wildman–Crippen LogP) is 2.55. The number of aryl methyl sites for hydroxylation is 2. The minimum Gasteiger partial charge on any atom is -0.481 e. The van der Waals surface area contributed by atoms with Gasteiger partial charge in [0.15, 0.2) is 0 Å². The molecule has 1 saturated carbocycles. The summed E-state index contributed by atoms with van der Waals surface area (Å²) in [5, 5.41) is 12.1. The summed E-state index contributed by atoms with van der Waals surface area (Å²) in [6.07, 6.45) is 6.79. The molecule has 1 amide bonds. The molecule has 0 aromatic heterocycles. The fraction of sp³-hybridized carbons (Fsp3) is 0.529. The van der Waals surface area contributed by atoms with Gasteiger partial charge < -0.3 is 10.4 Å². The number of fused-ring (bicyclic) bond motifs is 1. The molecule has 112 valence electrons. The van der Waals surface area contributed by atoms with Crippen LogP contribution in [0, 0.1) is 5.41 Å². The number of aliphatic carboxylic acids is 1. The topological polar surface area (TPSA) is 66.4 Å². The summed E-state index contributed by atoms with van der Waals surface area (Å²) in [6.45, 7) is 0.234. The molecular weight excluding hydrogens is 266 g/mol. The molecule has 1 aromatic carbocycles. The van der Waals surface area contributed by atoms with E-state index in [1.165, 1.54) is 24.0 Å². The molecule has 4 heteroatoms. The van der Waals surface area contributed by atoms with E-state index in [2.05, 4.69) is 5.32 Å². The van der Waals surface area contributed by atoms with Crippen molar-refractivity contribution in [3.8, 4) is 0 Å². The highest BCUT2D eigenvalue weighted by Gasteiger charge is 2.44. The van der Waals surface area contributed by atoms with Crippen LogP contribution in [0.4, 0.5) is 0 Å². The number of hydrogen-bond donors (Lipinski definition) is 2. The molecule has 0 aliphatic heterocycles. The van der Waals surface area contributed by atoms with E-state index in [1.54, 1.807) is 0 Å². The van der Waals surface area contributed by atoms with Gasteiger partial charge >= 0.3 is 5.97 Å². The van der Waals surface area contributed by atoms with Crippen molar-refractivity contribution >= 4 is 11.9 Å². The Balaban J connectivity index is 1.67. The summed E-state index contributed by atoms with van der Waals surface area (Å²) in [4.78, 5) is 23.5. The molecule has 2 N–H and O–H groups in total. The Hall–Kier alpha value is -1.84. The number of carbonyl (C=O) groups is 2. The lowest BCUT2D eigenvalue weighted by Crippen LogP contribution is -2.47. The summed E-state index contributed by atoms with van der Waals surface area (Å²) in [5.41, 5.74) is 2.53. The van der Waals surface area contributed by atoms with Crippen molar-refractivity contribution in [3.05, 3.63) is 34.9 Å². The van der Waals surface area contributed by atoms with E-state index < -0.39 is 11.4 Å². The van der Waals surface area contributed by atoms with Crippen LogP contribution in [0.15, 0.2) is 18.2 Å². The first-order valence-electron chi connectivity index (χ1n) is 7.74. The van der Waals surface area contributed by atoms with Crippen LogP contribution in [-0.4, -0.2) is 23.5 Å². The van der Waals surface area contributed by atoms with Crippen molar-refractivity contribution in [2.24, 2.45) is 5.41 Å². The number of rotatable bonds is 4. The Labute approximate surface area is 124 Å². The minimum atomic E-state index is -0.792. The van der Waals surface area contributed by atoms with E-state index in [0.717, 1.165) is 19.3 Å². The van der Waals surface area contributed by atoms with Crippen LogP contribution < -0.4 is 5.32 Å². The number of amides is 1. The Morgan fingerprint density at radius 2 is 1.81 bits per heavy atom. The number of carbonyl (C=O) groups excluding carboxylic acids is 1. The Bertz CT molecular complexity index is 575. The maximum atomic E-state index is 12.2.